The Balaban J connectivity index is 2.89. The number of hydrogen-bond acceptors (Lipinski definition) is 3. The number of nitrogens with one attached hydrogen (secondary N) is 1. The number of anilines is 1. The maximum absolute atomic E-state index is 13.6. The lowest BCUT2D eigenvalue weighted by Crippen LogP contribution is -2.36. The SMILES string of the molecule is CC(C)(CC(N)=O)Nc1ccc(C#N)cc1F. The van der Waals surface area contributed by atoms with Gasteiger partial charge in [-0.15, -0.1) is 0 Å². The Morgan fingerprint density at radius 2 is 2.24 bits per heavy atom. The van der Waals surface area contributed by atoms with Crippen molar-refractivity contribution < 1.29 is 9.18 Å². The van der Waals surface area contributed by atoms with Crippen molar-refractivity contribution in [2.24, 2.45) is 5.73 Å². The van der Waals surface area contributed by atoms with E-state index in [0.29, 0.717) is 0 Å². The molecule has 1 rings (SSSR count). The highest BCUT2D eigenvalue weighted by atomic mass is 19.1. The highest BCUT2D eigenvalue weighted by molar-refractivity contribution is 5.75. The molecule has 17 heavy (non-hydrogen) atoms. The van der Waals surface area contributed by atoms with Crippen molar-refractivity contribution in [3.8, 4) is 6.07 Å². The second-order valence-corrected chi connectivity index (χ2v) is 4.46. The molecule has 0 unspecified atom stereocenters. The first-order valence-electron chi connectivity index (χ1n) is 5.10. The first-order valence-corrected chi connectivity index (χ1v) is 5.10. The minimum Gasteiger partial charge on any atom is -0.377 e. The topological polar surface area (TPSA) is 78.9 Å². The lowest BCUT2D eigenvalue weighted by molar-refractivity contribution is -0.118. The highest BCUT2D eigenvalue weighted by Gasteiger charge is 2.21. The molecule has 0 heterocycles. The lowest BCUT2D eigenvalue weighted by Gasteiger charge is -2.26. The van der Waals surface area contributed by atoms with Gasteiger partial charge in [0.2, 0.25) is 5.91 Å². The molecule has 1 aromatic rings. The van der Waals surface area contributed by atoms with Gasteiger partial charge in [0.15, 0.2) is 0 Å². The van der Waals surface area contributed by atoms with E-state index in [1.165, 1.54) is 12.1 Å². The molecule has 0 spiro atoms. The van der Waals surface area contributed by atoms with Gasteiger partial charge in [-0.3, -0.25) is 4.79 Å². The standard InChI is InChI=1S/C12H14FN3O/c1-12(2,6-11(15)17)16-10-4-3-8(7-14)5-9(10)13/h3-5,16H,6H2,1-2H3,(H2,15,17). The van der Waals surface area contributed by atoms with Gasteiger partial charge in [0.25, 0.3) is 0 Å². The van der Waals surface area contributed by atoms with Crippen molar-refractivity contribution in [1.29, 1.82) is 5.26 Å². The largest absolute Gasteiger partial charge is 0.377 e. The summed E-state index contributed by atoms with van der Waals surface area (Å²) in [5, 5.41) is 11.5. The normalized spacial score (nSPS) is 10.7. The number of benzene rings is 1. The summed E-state index contributed by atoms with van der Waals surface area (Å²) in [6.07, 6.45) is 0.0897. The third-order valence-corrected chi connectivity index (χ3v) is 2.19. The number of carbonyl (C=O) groups excluding carboxylic acids is 1. The fraction of sp³-hybridized carbons (Fsp3) is 0.333. The summed E-state index contributed by atoms with van der Waals surface area (Å²) in [5.41, 5.74) is 4.96. The van der Waals surface area contributed by atoms with Crippen LogP contribution in [-0.2, 0) is 4.79 Å². The van der Waals surface area contributed by atoms with Crippen LogP contribution < -0.4 is 11.1 Å². The van der Waals surface area contributed by atoms with E-state index in [0.717, 1.165) is 6.07 Å². The van der Waals surface area contributed by atoms with Crippen LogP contribution in [0.3, 0.4) is 0 Å². The van der Waals surface area contributed by atoms with Crippen LogP contribution >= 0.6 is 0 Å². The summed E-state index contributed by atoms with van der Waals surface area (Å²) in [6, 6.07) is 5.96. The highest BCUT2D eigenvalue weighted by Crippen LogP contribution is 2.21. The van der Waals surface area contributed by atoms with Crippen LogP contribution in [-0.4, -0.2) is 11.4 Å². The van der Waals surface area contributed by atoms with Gasteiger partial charge in [0, 0.05) is 12.0 Å². The Bertz CT molecular complexity index is 477. The molecule has 0 radical (unpaired) electrons. The van der Waals surface area contributed by atoms with Crippen molar-refractivity contribution >= 4 is 11.6 Å². The van der Waals surface area contributed by atoms with Gasteiger partial charge in [-0.05, 0) is 32.0 Å². The number of nitriles is 1. The summed E-state index contributed by atoms with van der Waals surface area (Å²) in [7, 11) is 0. The Hall–Kier alpha value is -2.09. The monoisotopic (exact) mass is 235 g/mol. The maximum atomic E-state index is 13.6. The zero-order chi connectivity index (χ0) is 13.1. The Kier molecular flexibility index (Phi) is 3.69. The van der Waals surface area contributed by atoms with Gasteiger partial charge in [-0.1, -0.05) is 0 Å². The molecule has 0 atom stereocenters. The zero-order valence-electron chi connectivity index (χ0n) is 9.75. The fourth-order valence-corrected chi connectivity index (χ4v) is 1.53. The van der Waals surface area contributed by atoms with E-state index in [-0.39, 0.29) is 17.7 Å². The number of carbonyl (C=O) groups is 1. The number of hydrogen-bond donors (Lipinski definition) is 2. The smallest absolute Gasteiger partial charge is 0.219 e. The van der Waals surface area contributed by atoms with Crippen LogP contribution in [0, 0.1) is 17.1 Å². The van der Waals surface area contributed by atoms with Crippen molar-refractivity contribution in [3.63, 3.8) is 0 Å². The summed E-state index contributed by atoms with van der Waals surface area (Å²) in [5.74, 6) is -0.988. The molecule has 5 heteroatoms. The second-order valence-electron chi connectivity index (χ2n) is 4.46. The van der Waals surface area contributed by atoms with Crippen molar-refractivity contribution in [3.05, 3.63) is 29.6 Å². The van der Waals surface area contributed by atoms with Gasteiger partial charge in [0.1, 0.15) is 5.82 Å². The third-order valence-electron chi connectivity index (χ3n) is 2.19. The van der Waals surface area contributed by atoms with E-state index in [1.54, 1.807) is 13.8 Å². The molecule has 0 aliphatic rings. The van der Waals surface area contributed by atoms with E-state index in [2.05, 4.69) is 5.32 Å². The molecule has 0 bridgehead atoms. The molecule has 0 fully saturated rings. The molecule has 0 aliphatic carbocycles. The number of primary amides is 1. The van der Waals surface area contributed by atoms with Crippen LogP contribution in [0.1, 0.15) is 25.8 Å². The third kappa shape index (κ3) is 3.76. The summed E-state index contributed by atoms with van der Waals surface area (Å²) in [6.45, 7) is 3.49. The van der Waals surface area contributed by atoms with Crippen LogP contribution in [0.15, 0.2) is 18.2 Å². The lowest BCUT2D eigenvalue weighted by atomic mass is 9.99. The fourth-order valence-electron chi connectivity index (χ4n) is 1.53. The number of nitrogens with zero attached hydrogens (tertiary/aromatic N) is 1. The predicted octanol–water partition coefficient (Wildman–Crippen LogP) is 1.76. The molecule has 0 saturated heterocycles. The van der Waals surface area contributed by atoms with E-state index >= 15 is 0 Å². The molecule has 1 amide bonds. The second kappa shape index (κ2) is 4.83. The summed E-state index contributed by atoms with van der Waals surface area (Å²) < 4.78 is 13.6. The van der Waals surface area contributed by atoms with Gasteiger partial charge >= 0.3 is 0 Å². The number of amides is 1. The molecule has 3 N–H and O–H groups in total. The van der Waals surface area contributed by atoms with Gasteiger partial charge in [-0.25, -0.2) is 4.39 Å². The molecular formula is C12H14FN3O. The van der Waals surface area contributed by atoms with Crippen molar-refractivity contribution in [1.82, 2.24) is 0 Å². The van der Waals surface area contributed by atoms with Crippen LogP contribution in [0.25, 0.3) is 0 Å². The maximum Gasteiger partial charge on any atom is 0.219 e. The molecule has 4 nitrogen and oxygen atoms in total. The average Bonchev–Trinajstić information content (AvgIpc) is 2.18. The Morgan fingerprint density at radius 1 is 1.59 bits per heavy atom. The molecule has 0 aliphatic heterocycles. The first kappa shape index (κ1) is 13.0. The van der Waals surface area contributed by atoms with Gasteiger partial charge in [0.05, 0.1) is 17.3 Å². The molecular weight excluding hydrogens is 221 g/mol. The van der Waals surface area contributed by atoms with E-state index in [4.69, 9.17) is 11.0 Å². The first-order chi connectivity index (χ1) is 7.84. The molecule has 0 saturated carbocycles. The average molecular weight is 235 g/mol. The minimum atomic E-state index is -0.638. The van der Waals surface area contributed by atoms with Crippen LogP contribution in [0.4, 0.5) is 10.1 Å². The summed E-state index contributed by atoms with van der Waals surface area (Å²) in [4.78, 5) is 10.8. The van der Waals surface area contributed by atoms with E-state index < -0.39 is 17.3 Å². The van der Waals surface area contributed by atoms with Gasteiger partial charge < -0.3 is 11.1 Å². The van der Waals surface area contributed by atoms with E-state index in [1.807, 2.05) is 6.07 Å². The predicted molar refractivity (Wildman–Crippen MR) is 62.6 cm³/mol. The molecule has 0 aromatic heterocycles. The zero-order valence-corrected chi connectivity index (χ0v) is 9.75. The van der Waals surface area contributed by atoms with Crippen molar-refractivity contribution in [2.45, 2.75) is 25.8 Å². The Labute approximate surface area is 99.2 Å². The number of nitrogens with two attached hydrogens (primary N) is 1. The van der Waals surface area contributed by atoms with Crippen molar-refractivity contribution in [2.75, 3.05) is 5.32 Å². The van der Waals surface area contributed by atoms with E-state index in [9.17, 15) is 9.18 Å². The molecule has 90 valence electrons. The van der Waals surface area contributed by atoms with Crippen LogP contribution in [0.5, 0.6) is 0 Å². The van der Waals surface area contributed by atoms with Crippen LogP contribution in [0.2, 0.25) is 0 Å². The number of halogens is 1. The minimum absolute atomic E-state index is 0.0897. The molecule has 1 aromatic carbocycles. The summed E-state index contributed by atoms with van der Waals surface area (Å²) >= 11 is 0. The van der Waals surface area contributed by atoms with Gasteiger partial charge in [-0.2, -0.15) is 5.26 Å². The Morgan fingerprint density at radius 3 is 2.71 bits per heavy atom. The quantitative estimate of drug-likeness (QED) is 0.834. The number of rotatable bonds is 4.